The first kappa shape index (κ1) is 15.9. The van der Waals surface area contributed by atoms with Crippen LogP contribution in [0.25, 0.3) is 0 Å². The average Bonchev–Trinajstić information content (AvgIpc) is 2.85. The highest BCUT2D eigenvalue weighted by molar-refractivity contribution is 6.40. The zero-order chi connectivity index (χ0) is 17.1. The van der Waals surface area contributed by atoms with E-state index in [0.717, 1.165) is 0 Å². The molecule has 5 nitrogen and oxygen atoms in total. The number of carbonyl (C=O) groups is 3. The monoisotopic (exact) mass is 323 g/mol. The summed E-state index contributed by atoms with van der Waals surface area (Å²) >= 11 is 0. The predicted molar refractivity (Wildman–Crippen MR) is 88.4 cm³/mol. The summed E-state index contributed by atoms with van der Waals surface area (Å²) in [7, 11) is 0. The third-order valence-corrected chi connectivity index (χ3v) is 3.93. The summed E-state index contributed by atoms with van der Waals surface area (Å²) in [6.07, 6.45) is 7.23. The molecule has 0 N–H and O–H groups in total. The van der Waals surface area contributed by atoms with Crippen molar-refractivity contribution in [1.29, 1.82) is 0 Å². The maximum atomic E-state index is 12.5. The van der Waals surface area contributed by atoms with Crippen LogP contribution in [0.15, 0.2) is 60.0 Å². The second-order valence-corrected chi connectivity index (χ2v) is 5.46. The number of ketones is 2. The second kappa shape index (κ2) is 6.66. The van der Waals surface area contributed by atoms with Gasteiger partial charge in [0.25, 0.3) is 0 Å². The Labute approximate surface area is 139 Å². The zero-order valence-corrected chi connectivity index (χ0v) is 13.3. The predicted octanol–water partition coefficient (Wildman–Crippen LogP) is 2.66. The molecule has 5 heteroatoms. The average molecular weight is 323 g/mol. The standard InChI is InChI=1S/C19H17NO4/c1-2-24-16(21)9-12-20-10-7-13(8-11-20)17-18(22)14-5-3-4-6-15(14)19(17)23/h3-8,10-11H,2,9,12H2,1H3. The van der Waals surface area contributed by atoms with Crippen molar-refractivity contribution in [1.82, 2.24) is 4.90 Å². The second-order valence-electron chi connectivity index (χ2n) is 5.46. The SMILES string of the molecule is CCOC(=O)CCN1C=CC(=C2C(=O)c3ccccc3C2=O)C=C1. The number of allylic oxidation sites excluding steroid dienone is 4. The van der Waals surface area contributed by atoms with Crippen molar-refractivity contribution in [3.05, 3.63) is 71.1 Å². The van der Waals surface area contributed by atoms with Gasteiger partial charge in [-0.3, -0.25) is 14.4 Å². The van der Waals surface area contributed by atoms with Gasteiger partial charge in [0, 0.05) is 30.1 Å². The third-order valence-electron chi connectivity index (χ3n) is 3.93. The summed E-state index contributed by atoms with van der Waals surface area (Å²) < 4.78 is 4.89. The van der Waals surface area contributed by atoms with E-state index in [1.807, 2.05) is 4.90 Å². The highest BCUT2D eigenvalue weighted by Crippen LogP contribution is 2.30. The number of ether oxygens (including phenoxy) is 1. The molecule has 0 spiro atoms. The Bertz CT molecular complexity index is 748. The van der Waals surface area contributed by atoms with E-state index in [-0.39, 0.29) is 29.5 Å². The molecule has 1 aliphatic heterocycles. The first-order valence-corrected chi connectivity index (χ1v) is 7.82. The number of carbonyl (C=O) groups excluding carboxylic acids is 3. The van der Waals surface area contributed by atoms with Crippen molar-refractivity contribution in [2.45, 2.75) is 13.3 Å². The van der Waals surface area contributed by atoms with Crippen molar-refractivity contribution in [2.75, 3.05) is 13.2 Å². The fourth-order valence-electron chi connectivity index (χ4n) is 2.74. The number of benzene rings is 1. The number of fused-ring (bicyclic) bond motifs is 1. The van der Waals surface area contributed by atoms with Gasteiger partial charge >= 0.3 is 5.97 Å². The Morgan fingerprint density at radius 3 is 2.17 bits per heavy atom. The molecule has 1 aromatic carbocycles. The smallest absolute Gasteiger partial charge is 0.307 e. The number of esters is 1. The minimum Gasteiger partial charge on any atom is -0.466 e. The number of Topliss-reactive ketones (excluding diaryl/α,β-unsaturated/α-hetero) is 2. The molecular weight excluding hydrogens is 306 g/mol. The van der Waals surface area contributed by atoms with Crippen LogP contribution in [-0.4, -0.2) is 35.6 Å². The van der Waals surface area contributed by atoms with E-state index in [4.69, 9.17) is 4.74 Å². The first-order valence-electron chi connectivity index (χ1n) is 7.82. The molecule has 0 saturated carbocycles. The van der Waals surface area contributed by atoms with Gasteiger partial charge in [0.15, 0.2) is 11.6 Å². The van der Waals surface area contributed by atoms with Crippen LogP contribution in [-0.2, 0) is 9.53 Å². The molecule has 2 aliphatic rings. The number of rotatable bonds is 4. The van der Waals surface area contributed by atoms with E-state index in [9.17, 15) is 14.4 Å². The minimum absolute atomic E-state index is 0.203. The lowest BCUT2D eigenvalue weighted by Crippen LogP contribution is -2.18. The van der Waals surface area contributed by atoms with Gasteiger partial charge in [-0.2, -0.15) is 0 Å². The maximum Gasteiger partial charge on any atom is 0.307 e. The van der Waals surface area contributed by atoms with Crippen LogP contribution in [0.5, 0.6) is 0 Å². The molecule has 1 aromatic rings. The van der Waals surface area contributed by atoms with E-state index >= 15 is 0 Å². The van der Waals surface area contributed by atoms with Gasteiger partial charge in [0.1, 0.15) is 0 Å². The van der Waals surface area contributed by atoms with E-state index in [2.05, 4.69) is 0 Å². The van der Waals surface area contributed by atoms with E-state index < -0.39 is 0 Å². The van der Waals surface area contributed by atoms with Gasteiger partial charge in [0.05, 0.1) is 18.6 Å². The molecule has 0 atom stereocenters. The normalized spacial score (nSPS) is 16.0. The summed E-state index contributed by atoms with van der Waals surface area (Å²) in [4.78, 5) is 38.1. The van der Waals surface area contributed by atoms with Gasteiger partial charge in [-0.05, 0) is 24.6 Å². The lowest BCUT2D eigenvalue weighted by molar-refractivity contribution is -0.143. The quantitative estimate of drug-likeness (QED) is 0.484. The fourth-order valence-corrected chi connectivity index (χ4v) is 2.74. The van der Waals surface area contributed by atoms with Crippen LogP contribution in [0.2, 0.25) is 0 Å². The molecule has 0 radical (unpaired) electrons. The molecule has 24 heavy (non-hydrogen) atoms. The Balaban J connectivity index is 1.75. The molecule has 0 unspecified atom stereocenters. The summed E-state index contributed by atoms with van der Waals surface area (Å²) in [6.45, 7) is 2.62. The fraction of sp³-hybridized carbons (Fsp3) is 0.211. The Morgan fingerprint density at radius 2 is 1.62 bits per heavy atom. The topological polar surface area (TPSA) is 63.7 Å². The molecular formula is C19H17NO4. The molecule has 1 aliphatic carbocycles. The molecule has 1 heterocycles. The van der Waals surface area contributed by atoms with Crippen molar-refractivity contribution in [3.8, 4) is 0 Å². The summed E-state index contributed by atoms with van der Waals surface area (Å²) in [5.74, 6) is -0.722. The first-order chi connectivity index (χ1) is 11.6. The largest absolute Gasteiger partial charge is 0.466 e. The van der Waals surface area contributed by atoms with Crippen LogP contribution in [0.3, 0.4) is 0 Å². The Morgan fingerprint density at radius 1 is 1.04 bits per heavy atom. The Hall–Kier alpha value is -2.95. The van der Waals surface area contributed by atoms with Crippen LogP contribution < -0.4 is 0 Å². The van der Waals surface area contributed by atoms with Gasteiger partial charge in [0.2, 0.25) is 0 Å². The molecule has 0 amide bonds. The molecule has 0 bridgehead atoms. The summed E-state index contributed by atoms with van der Waals surface area (Å²) in [5, 5.41) is 0. The van der Waals surface area contributed by atoms with E-state index in [1.54, 1.807) is 55.7 Å². The Kier molecular flexibility index (Phi) is 4.42. The van der Waals surface area contributed by atoms with E-state index in [1.165, 1.54) is 0 Å². The van der Waals surface area contributed by atoms with Crippen LogP contribution >= 0.6 is 0 Å². The highest BCUT2D eigenvalue weighted by atomic mass is 16.5. The molecule has 0 saturated heterocycles. The van der Waals surface area contributed by atoms with Gasteiger partial charge in [-0.25, -0.2) is 0 Å². The van der Waals surface area contributed by atoms with Gasteiger partial charge in [-0.1, -0.05) is 24.3 Å². The minimum atomic E-state index is -0.250. The van der Waals surface area contributed by atoms with Crippen LogP contribution in [0.1, 0.15) is 34.1 Å². The lowest BCUT2D eigenvalue weighted by Gasteiger charge is -2.18. The molecule has 0 aromatic heterocycles. The van der Waals surface area contributed by atoms with Crippen molar-refractivity contribution < 1.29 is 19.1 Å². The zero-order valence-electron chi connectivity index (χ0n) is 13.3. The van der Waals surface area contributed by atoms with Crippen molar-refractivity contribution >= 4 is 17.5 Å². The molecule has 122 valence electrons. The number of hydrogen-bond acceptors (Lipinski definition) is 5. The van der Waals surface area contributed by atoms with E-state index in [0.29, 0.717) is 29.9 Å². The van der Waals surface area contributed by atoms with Crippen molar-refractivity contribution in [2.24, 2.45) is 0 Å². The number of hydrogen-bond donors (Lipinski definition) is 0. The van der Waals surface area contributed by atoms with Crippen LogP contribution in [0.4, 0.5) is 0 Å². The van der Waals surface area contributed by atoms with Crippen molar-refractivity contribution in [3.63, 3.8) is 0 Å². The highest BCUT2D eigenvalue weighted by Gasteiger charge is 2.34. The van der Waals surface area contributed by atoms with Gasteiger partial charge in [-0.15, -0.1) is 0 Å². The third kappa shape index (κ3) is 2.93. The van der Waals surface area contributed by atoms with Gasteiger partial charge < -0.3 is 9.64 Å². The maximum absolute atomic E-state index is 12.5. The number of nitrogens with zero attached hydrogens (tertiary/aromatic N) is 1. The van der Waals surface area contributed by atoms with Crippen LogP contribution in [0, 0.1) is 0 Å². The summed E-state index contributed by atoms with van der Waals surface area (Å²) in [6, 6.07) is 6.85. The molecule has 0 fully saturated rings. The lowest BCUT2D eigenvalue weighted by atomic mass is 10.0. The molecule has 3 rings (SSSR count). The summed E-state index contributed by atoms with van der Waals surface area (Å²) in [5.41, 5.74) is 1.70.